The average Bonchev–Trinajstić information content (AvgIpc) is 2.59. The first kappa shape index (κ1) is 18.3. The summed E-state index contributed by atoms with van der Waals surface area (Å²) in [6.45, 7) is 2.97. The Hall–Kier alpha value is -1.06. The van der Waals surface area contributed by atoms with E-state index in [1.807, 2.05) is 0 Å². The third kappa shape index (κ3) is 6.15. The van der Waals surface area contributed by atoms with E-state index in [-0.39, 0.29) is 23.7 Å². The highest BCUT2D eigenvalue weighted by atomic mass is 16.2. The second kappa shape index (κ2) is 9.94. The molecule has 0 aromatic heterocycles. The molecule has 4 nitrogen and oxygen atoms in total. The predicted molar refractivity (Wildman–Crippen MR) is 93.0 cm³/mol. The van der Waals surface area contributed by atoms with Gasteiger partial charge in [0.2, 0.25) is 11.8 Å². The van der Waals surface area contributed by atoms with Crippen LogP contribution in [0.5, 0.6) is 0 Å². The summed E-state index contributed by atoms with van der Waals surface area (Å²) in [5.41, 5.74) is 0. The van der Waals surface area contributed by atoms with Gasteiger partial charge < -0.3 is 10.6 Å². The summed E-state index contributed by atoms with van der Waals surface area (Å²) in [4.78, 5) is 24.5. The summed E-state index contributed by atoms with van der Waals surface area (Å²) in [7, 11) is 0. The van der Waals surface area contributed by atoms with Crippen molar-refractivity contribution in [2.45, 2.75) is 90.0 Å². The van der Waals surface area contributed by atoms with Gasteiger partial charge in [-0.25, -0.2) is 0 Å². The molecule has 0 radical (unpaired) electrons. The van der Waals surface area contributed by atoms with Crippen LogP contribution in [0.25, 0.3) is 0 Å². The van der Waals surface area contributed by atoms with Crippen molar-refractivity contribution in [2.75, 3.05) is 6.54 Å². The number of nitrogens with one attached hydrogen (secondary N) is 2. The summed E-state index contributed by atoms with van der Waals surface area (Å²) in [6.07, 6.45) is 13.0. The maximum Gasteiger partial charge on any atom is 0.223 e. The molecule has 0 aromatic carbocycles. The number of rotatable bonds is 7. The molecule has 2 amide bonds. The smallest absolute Gasteiger partial charge is 0.223 e. The zero-order valence-electron chi connectivity index (χ0n) is 14.7. The van der Waals surface area contributed by atoms with Crippen LogP contribution in [0.4, 0.5) is 0 Å². The molecule has 2 fully saturated rings. The van der Waals surface area contributed by atoms with Gasteiger partial charge in [-0.2, -0.15) is 0 Å². The summed E-state index contributed by atoms with van der Waals surface area (Å²) in [6, 6.07) is 0.399. The van der Waals surface area contributed by atoms with Crippen LogP contribution in [0.1, 0.15) is 84.0 Å². The van der Waals surface area contributed by atoms with Crippen molar-refractivity contribution in [2.24, 2.45) is 11.8 Å². The second-order valence-electron chi connectivity index (χ2n) is 7.39. The van der Waals surface area contributed by atoms with Crippen LogP contribution in [-0.4, -0.2) is 24.4 Å². The van der Waals surface area contributed by atoms with E-state index in [1.54, 1.807) is 0 Å². The van der Waals surface area contributed by atoms with Gasteiger partial charge in [0.05, 0.1) is 0 Å². The molecule has 0 aromatic rings. The fourth-order valence-electron chi connectivity index (χ4n) is 3.91. The molecule has 2 N–H and O–H groups in total. The van der Waals surface area contributed by atoms with Gasteiger partial charge in [-0.1, -0.05) is 39.0 Å². The number of amides is 2. The van der Waals surface area contributed by atoms with Gasteiger partial charge >= 0.3 is 0 Å². The third-order valence-corrected chi connectivity index (χ3v) is 5.50. The lowest BCUT2D eigenvalue weighted by atomic mass is 9.81. The highest BCUT2D eigenvalue weighted by Crippen LogP contribution is 2.29. The van der Waals surface area contributed by atoms with Crippen molar-refractivity contribution in [3.8, 4) is 0 Å². The number of carbonyl (C=O) groups excluding carboxylic acids is 2. The fraction of sp³-hybridized carbons (Fsp3) is 0.895. The minimum atomic E-state index is 0.121. The minimum Gasteiger partial charge on any atom is -0.356 e. The van der Waals surface area contributed by atoms with E-state index in [0.29, 0.717) is 6.04 Å². The lowest BCUT2D eigenvalue weighted by Gasteiger charge is -2.29. The van der Waals surface area contributed by atoms with Crippen LogP contribution in [0.3, 0.4) is 0 Å². The zero-order chi connectivity index (χ0) is 16.5. The summed E-state index contributed by atoms with van der Waals surface area (Å²) >= 11 is 0. The highest BCUT2D eigenvalue weighted by molar-refractivity contribution is 5.81. The Labute approximate surface area is 141 Å². The molecular formula is C19H34N2O2. The van der Waals surface area contributed by atoms with Gasteiger partial charge in [-0.3, -0.25) is 9.59 Å². The van der Waals surface area contributed by atoms with Crippen LogP contribution in [-0.2, 0) is 9.59 Å². The minimum absolute atomic E-state index is 0.121. The quantitative estimate of drug-likeness (QED) is 0.704. The molecule has 0 unspecified atom stereocenters. The van der Waals surface area contributed by atoms with Gasteiger partial charge in [-0.05, 0) is 44.9 Å². The van der Waals surface area contributed by atoms with E-state index in [4.69, 9.17) is 0 Å². The maximum atomic E-state index is 12.4. The molecule has 0 saturated heterocycles. The first-order chi connectivity index (χ1) is 11.2. The van der Waals surface area contributed by atoms with Crippen LogP contribution in [0.2, 0.25) is 0 Å². The van der Waals surface area contributed by atoms with Gasteiger partial charge in [0.25, 0.3) is 0 Å². The molecule has 0 aliphatic heterocycles. The normalized spacial score (nSPS) is 25.8. The first-order valence-electron chi connectivity index (χ1n) is 9.78. The Morgan fingerprint density at radius 2 is 1.43 bits per heavy atom. The topological polar surface area (TPSA) is 58.2 Å². The maximum absolute atomic E-state index is 12.4. The molecule has 0 spiro atoms. The Morgan fingerprint density at radius 3 is 2.04 bits per heavy atom. The standard InChI is InChI=1S/C19H34N2O2/c1-2-3-7-14-20-18(22)15-10-12-16(13-11-15)19(23)21-17-8-5-4-6-9-17/h15-17H,2-14H2,1H3,(H,20,22)(H,21,23). The van der Waals surface area contributed by atoms with Gasteiger partial charge in [-0.15, -0.1) is 0 Å². The van der Waals surface area contributed by atoms with E-state index in [1.165, 1.54) is 32.1 Å². The Morgan fingerprint density at radius 1 is 0.826 bits per heavy atom. The number of hydrogen-bond donors (Lipinski definition) is 2. The van der Waals surface area contributed by atoms with Crippen LogP contribution >= 0.6 is 0 Å². The fourth-order valence-corrected chi connectivity index (χ4v) is 3.91. The van der Waals surface area contributed by atoms with E-state index in [9.17, 15) is 9.59 Å². The number of unbranched alkanes of at least 4 members (excludes halogenated alkanes) is 2. The number of carbonyl (C=O) groups is 2. The van der Waals surface area contributed by atoms with Crippen LogP contribution in [0, 0.1) is 11.8 Å². The Bertz CT molecular complexity index is 370. The highest BCUT2D eigenvalue weighted by Gasteiger charge is 2.30. The molecular weight excluding hydrogens is 288 g/mol. The lowest BCUT2D eigenvalue weighted by Crippen LogP contribution is -2.42. The molecule has 0 heterocycles. The van der Waals surface area contributed by atoms with Crippen molar-refractivity contribution < 1.29 is 9.59 Å². The molecule has 23 heavy (non-hydrogen) atoms. The monoisotopic (exact) mass is 322 g/mol. The SMILES string of the molecule is CCCCCNC(=O)C1CCC(C(=O)NC2CCCCC2)CC1. The largest absolute Gasteiger partial charge is 0.356 e. The van der Waals surface area contributed by atoms with Gasteiger partial charge in [0.1, 0.15) is 0 Å². The molecule has 2 aliphatic rings. The van der Waals surface area contributed by atoms with Crippen LogP contribution < -0.4 is 10.6 Å². The molecule has 2 aliphatic carbocycles. The molecule has 0 bridgehead atoms. The average molecular weight is 322 g/mol. The lowest BCUT2D eigenvalue weighted by molar-refractivity contribution is -0.131. The van der Waals surface area contributed by atoms with E-state index in [2.05, 4.69) is 17.6 Å². The van der Waals surface area contributed by atoms with Crippen molar-refractivity contribution in [1.82, 2.24) is 10.6 Å². The summed E-state index contributed by atoms with van der Waals surface area (Å²) < 4.78 is 0. The van der Waals surface area contributed by atoms with Crippen molar-refractivity contribution >= 4 is 11.8 Å². The number of hydrogen-bond acceptors (Lipinski definition) is 2. The van der Waals surface area contributed by atoms with E-state index in [0.717, 1.165) is 51.5 Å². The van der Waals surface area contributed by atoms with Gasteiger partial charge in [0.15, 0.2) is 0 Å². The first-order valence-corrected chi connectivity index (χ1v) is 9.78. The zero-order valence-corrected chi connectivity index (χ0v) is 14.7. The third-order valence-electron chi connectivity index (χ3n) is 5.50. The van der Waals surface area contributed by atoms with Crippen LogP contribution in [0.15, 0.2) is 0 Å². The summed E-state index contributed by atoms with van der Waals surface area (Å²) in [5, 5.41) is 6.30. The van der Waals surface area contributed by atoms with E-state index >= 15 is 0 Å². The van der Waals surface area contributed by atoms with Crippen molar-refractivity contribution in [3.05, 3.63) is 0 Å². The van der Waals surface area contributed by atoms with Crippen molar-refractivity contribution in [3.63, 3.8) is 0 Å². The second-order valence-corrected chi connectivity index (χ2v) is 7.39. The molecule has 2 rings (SSSR count). The molecule has 2 saturated carbocycles. The van der Waals surface area contributed by atoms with Crippen molar-refractivity contribution in [1.29, 1.82) is 0 Å². The molecule has 132 valence electrons. The van der Waals surface area contributed by atoms with Gasteiger partial charge in [0, 0.05) is 24.4 Å². The van der Waals surface area contributed by atoms with E-state index < -0.39 is 0 Å². The Balaban J connectivity index is 1.64. The Kier molecular flexibility index (Phi) is 7.90. The molecule has 4 heteroatoms. The predicted octanol–water partition coefficient (Wildman–Crippen LogP) is 3.55. The summed E-state index contributed by atoms with van der Waals surface area (Å²) in [5.74, 6) is 0.683. The molecule has 0 atom stereocenters.